The molecule has 5 N–H and O–H groups in total. The van der Waals surface area contributed by atoms with Gasteiger partial charge in [0.25, 0.3) is 5.91 Å². The predicted molar refractivity (Wildman–Crippen MR) is 167 cm³/mol. The van der Waals surface area contributed by atoms with Crippen molar-refractivity contribution < 1.29 is 62.5 Å². The molecule has 0 radical (unpaired) electrons. The highest BCUT2D eigenvalue weighted by atomic mass is 19.3. The van der Waals surface area contributed by atoms with Crippen molar-refractivity contribution in [3.8, 4) is 0 Å². The number of carbonyl (C=O) groups excluding carboxylic acids is 2. The van der Waals surface area contributed by atoms with Crippen LogP contribution < -0.4 is 5.32 Å². The van der Waals surface area contributed by atoms with E-state index in [1.807, 2.05) is 6.92 Å². The molecule has 278 valence electrons. The van der Waals surface area contributed by atoms with E-state index in [4.69, 9.17) is 23.7 Å². The summed E-state index contributed by atoms with van der Waals surface area (Å²) in [4.78, 5) is 27.3. The lowest BCUT2D eigenvalue weighted by Crippen LogP contribution is -2.67. The first-order chi connectivity index (χ1) is 22.7. The average molecular weight is 695 g/mol. The number of carbonyl (C=O) groups is 2. The van der Waals surface area contributed by atoms with E-state index in [0.29, 0.717) is 25.7 Å². The van der Waals surface area contributed by atoms with Crippen molar-refractivity contribution in [3.05, 3.63) is 0 Å². The van der Waals surface area contributed by atoms with E-state index in [1.165, 1.54) is 18.7 Å². The fraction of sp³-hybridized carbons (Fsp3) is 0.939. The van der Waals surface area contributed by atoms with Crippen LogP contribution in [0.3, 0.4) is 0 Å². The summed E-state index contributed by atoms with van der Waals surface area (Å²) in [6, 6.07) is -1.13. The Morgan fingerprint density at radius 2 is 1.58 bits per heavy atom. The third-order valence-corrected chi connectivity index (χ3v) is 10.4. The van der Waals surface area contributed by atoms with Crippen LogP contribution in [0.1, 0.15) is 78.6 Å². The van der Waals surface area contributed by atoms with Gasteiger partial charge in [-0.1, -0.05) is 45.4 Å². The van der Waals surface area contributed by atoms with Crippen molar-refractivity contribution in [3.63, 3.8) is 0 Å². The number of ether oxygens (including phenoxy) is 5. The first-order valence-corrected chi connectivity index (χ1v) is 17.4. The second-order valence-electron chi connectivity index (χ2n) is 14.3. The van der Waals surface area contributed by atoms with E-state index >= 15 is 0 Å². The van der Waals surface area contributed by atoms with Crippen molar-refractivity contribution >= 4 is 11.8 Å². The lowest BCUT2D eigenvalue weighted by Gasteiger charge is -2.48. The second-order valence-corrected chi connectivity index (χ2v) is 14.3. The lowest BCUT2D eigenvalue weighted by atomic mass is 9.84. The Labute approximate surface area is 281 Å². The molecule has 2 amide bonds. The third kappa shape index (κ3) is 9.40. The van der Waals surface area contributed by atoms with E-state index < -0.39 is 98.4 Å². The van der Waals surface area contributed by atoms with Gasteiger partial charge in [-0.3, -0.25) is 9.59 Å². The van der Waals surface area contributed by atoms with Gasteiger partial charge in [-0.05, 0) is 38.0 Å². The molecule has 48 heavy (non-hydrogen) atoms. The monoisotopic (exact) mass is 694 g/mol. The number of rotatable bonds is 12. The average Bonchev–Trinajstić information content (AvgIpc) is 3.03. The van der Waals surface area contributed by atoms with Gasteiger partial charge < -0.3 is 54.3 Å². The number of nitrogens with one attached hydrogen (secondary N) is 1. The number of hydrogen-bond donors (Lipinski definition) is 5. The number of halogens is 2. The summed E-state index contributed by atoms with van der Waals surface area (Å²) in [7, 11) is 3.24. The fourth-order valence-corrected chi connectivity index (χ4v) is 7.62. The van der Waals surface area contributed by atoms with Crippen LogP contribution in [-0.2, 0) is 33.3 Å². The molecule has 4 rings (SSSR count). The quantitative estimate of drug-likeness (QED) is 0.199. The fourth-order valence-electron chi connectivity index (χ4n) is 7.62. The summed E-state index contributed by atoms with van der Waals surface area (Å²) in [5.41, 5.74) is 0. The van der Waals surface area contributed by atoms with E-state index in [0.717, 1.165) is 32.1 Å². The molecule has 2 saturated carbocycles. The molecule has 13 nitrogen and oxygen atoms in total. The smallest absolute Gasteiger partial charge is 0.251 e. The summed E-state index contributed by atoms with van der Waals surface area (Å²) in [6.45, 7) is 4.00. The van der Waals surface area contributed by atoms with Crippen LogP contribution in [0.25, 0.3) is 0 Å². The molecule has 0 spiro atoms. The summed E-state index contributed by atoms with van der Waals surface area (Å²) in [6.07, 6.45) is -9.23. The van der Waals surface area contributed by atoms with Gasteiger partial charge in [-0.15, -0.1) is 0 Å². The van der Waals surface area contributed by atoms with Crippen molar-refractivity contribution in [1.82, 2.24) is 10.2 Å². The van der Waals surface area contributed by atoms with Crippen LogP contribution in [0.2, 0.25) is 0 Å². The molecule has 2 heterocycles. The first-order valence-electron chi connectivity index (χ1n) is 17.4. The van der Waals surface area contributed by atoms with Gasteiger partial charge >= 0.3 is 0 Å². The molecule has 6 unspecified atom stereocenters. The Morgan fingerprint density at radius 3 is 2.19 bits per heavy atom. The van der Waals surface area contributed by atoms with E-state index in [1.54, 1.807) is 14.1 Å². The molecule has 15 heteroatoms. The van der Waals surface area contributed by atoms with Gasteiger partial charge in [0, 0.05) is 21.0 Å². The summed E-state index contributed by atoms with van der Waals surface area (Å²) in [5, 5.41) is 45.0. The minimum atomic E-state index is -3.05. The minimum Gasteiger partial charge on any atom is -0.394 e. The number of amides is 2. The number of hydrogen-bond acceptors (Lipinski definition) is 11. The van der Waals surface area contributed by atoms with Crippen molar-refractivity contribution in [1.29, 1.82) is 0 Å². The van der Waals surface area contributed by atoms with E-state index in [9.17, 15) is 38.8 Å². The van der Waals surface area contributed by atoms with E-state index in [-0.39, 0.29) is 17.7 Å². The molecule has 14 atom stereocenters. The number of aliphatic hydroxyl groups is 4. The molecule has 2 saturated heterocycles. The Kier molecular flexibility index (Phi) is 14.4. The van der Waals surface area contributed by atoms with Crippen molar-refractivity contribution in [2.45, 2.75) is 159 Å². The van der Waals surface area contributed by atoms with Gasteiger partial charge in [0.1, 0.15) is 36.6 Å². The number of likely N-dealkylation sites (N-methyl/N-ethyl adjacent to an activating group) is 1. The largest absolute Gasteiger partial charge is 0.394 e. The Balaban J connectivity index is 1.60. The molecule has 0 bridgehead atoms. The lowest BCUT2D eigenvalue weighted by molar-refractivity contribution is -0.338. The van der Waals surface area contributed by atoms with Crippen molar-refractivity contribution in [2.75, 3.05) is 20.7 Å². The summed E-state index contributed by atoms with van der Waals surface area (Å²) in [5.74, 6) is -2.56. The third-order valence-electron chi connectivity index (χ3n) is 10.4. The van der Waals surface area contributed by atoms with Gasteiger partial charge in [-0.2, -0.15) is 0 Å². The van der Waals surface area contributed by atoms with Gasteiger partial charge in [0.2, 0.25) is 12.3 Å². The second kappa shape index (κ2) is 17.6. The maximum atomic E-state index is 14.1. The highest BCUT2D eigenvalue weighted by Gasteiger charge is 2.52. The molecular weight excluding hydrogens is 638 g/mol. The van der Waals surface area contributed by atoms with Crippen LogP contribution in [0.15, 0.2) is 0 Å². The standard InChI is InChI=1S/C33H56F2N2O11/c1-16-10-9-13-20(28(16)48-32-23(30(34)35)27(42)25(40)17(2)44-32)46-33-24(36-18(3)39)29(26(41)22(15-38)47-33)45-21(31(43)37(4)5)14-19-11-7-6-8-12-19/h16-17,19-30,32-33,38,40-42H,6-15H2,1-5H3,(H,36,39)/t16?,17?,20-,21+,22-,23?,24-,25?,26+,27?,28-,29-,32?,33+/m1/s1. The SMILES string of the molecule is CC(=O)N[C@H]1[C@@H](O[C@@H]2CCCC(C)[C@H]2OC2OC(C)C(O)C(O)C2C(F)F)O[C@H](CO)[C@H](O)[C@@H]1O[C@@H](CC1CCCCC1)C(=O)N(C)C. The Bertz CT molecular complexity index is 1040. The zero-order valence-corrected chi connectivity index (χ0v) is 28.7. The maximum Gasteiger partial charge on any atom is 0.251 e. The van der Waals surface area contributed by atoms with Gasteiger partial charge in [0.05, 0.1) is 36.9 Å². The van der Waals surface area contributed by atoms with Crippen LogP contribution >= 0.6 is 0 Å². The first kappa shape index (κ1) is 39.2. The highest BCUT2D eigenvalue weighted by molar-refractivity contribution is 5.80. The number of alkyl halides is 2. The van der Waals surface area contributed by atoms with Gasteiger partial charge in [0.15, 0.2) is 12.6 Å². The molecule has 2 aliphatic carbocycles. The molecule has 0 aromatic carbocycles. The zero-order valence-electron chi connectivity index (χ0n) is 28.7. The predicted octanol–water partition coefficient (Wildman–Crippen LogP) is 1.32. The topological polar surface area (TPSA) is 176 Å². The Morgan fingerprint density at radius 1 is 0.896 bits per heavy atom. The number of nitrogens with zero attached hydrogens (tertiary/aromatic N) is 1. The molecule has 2 aliphatic heterocycles. The van der Waals surface area contributed by atoms with Crippen molar-refractivity contribution in [2.24, 2.45) is 17.8 Å². The molecule has 0 aromatic rings. The Hall–Kier alpha value is -1.56. The van der Waals surface area contributed by atoms with Crippen LogP contribution in [-0.4, -0.2) is 138 Å². The molecule has 4 aliphatic rings. The highest BCUT2D eigenvalue weighted by Crippen LogP contribution is 2.38. The van der Waals surface area contributed by atoms with Crippen LogP contribution in [0.5, 0.6) is 0 Å². The normalized spacial score (nSPS) is 40.4. The van der Waals surface area contributed by atoms with E-state index in [2.05, 4.69) is 5.32 Å². The number of aliphatic hydroxyl groups excluding tert-OH is 4. The molecule has 4 fully saturated rings. The van der Waals surface area contributed by atoms with Gasteiger partial charge in [-0.25, -0.2) is 8.78 Å². The van der Waals surface area contributed by atoms with Crippen LogP contribution in [0.4, 0.5) is 8.78 Å². The maximum absolute atomic E-state index is 14.1. The minimum absolute atomic E-state index is 0.211. The zero-order chi connectivity index (χ0) is 35.3. The summed E-state index contributed by atoms with van der Waals surface area (Å²) >= 11 is 0. The van der Waals surface area contributed by atoms with Crippen LogP contribution in [0, 0.1) is 17.8 Å². The molecule has 0 aromatic heterocycles. The summed E-state index contributed by atoms with van der Waals surface area (Å²) < 4.78 is 59.0. The molecular formula is C33H56F2N2O11.